The first kappa shape index (κ1) is 11.6. The molecule has 0 unspecified atom stereocenters. The summed E-state index contributed by atoms with van der Waals surface area (Å²) in [6, 6.07) is 10.6. The maximum atomic E-state index is 2.25. The van der Waals surface area contributed by atoms with E-state index in [1.54, 1.807) is 0 Å². The molecule has 0 bridgehead atoms. The molecule has 14 heavy (non-hydrogen) atoms. The van der Waals surface area contributed by atoms with Crippen LogP contribution < -0.4 is 0 Å². The molecule has 0 aliphatic heterocycles. The lowest BCUT2D eigenvalue weighted by molar-refractivity contribution is 0.703. The summed E-state index contributed by atoms with van der Waals surface area (Å²) in [5.74, 6) is 0. The molecule has 0 saturated heterocycles. The van der Waals surface area contributed by atoms with Crippen molar-refractivity contribution in [2.24, 2.45) is 0 Å². The number of thioether (sulfide) groups is 1. The van der Waals surface area contributed by atoms with Gasteiger partial charge in [0, 0.05) is 10.1 Å². The van der Waals surface area contributed by atoms with E-state index in [0.717, 1.165) is 0 Å². The first-order chi connectivity index (χ1) is 6.83. The van der Waals surface area contributed by atoms with Crippen molar-refractivity contribution < 1.29 is 0 Å². The Morgan fingerprint density at radius 3 is 2.50 bits per heavy atom. The quantitative estimate of drug-likeness (QED) is 0.472. The van der Waals surface area contributed by atoms with Crippen LogP contribution in [0.4, 0.5) is 0 Å². The van der Waals surface area contributed by atoms with Gasteiger partial charge in [0.15, 0.2) is 0 Å². The highest BCUT2D eigenvalue weighted by molar-refractivity contribution is 8.02. The number of rotatable bonds is 6. The number of unbranched alkanes of at least 4 members (excludes halogenated alkanes) is 2. The van der Waals surface area contributed by atoms with Crippen molar-refractivity contribution in [1.82, 2.24) is 0 Å². The van der Waals surface area contributed by atoms with E-state index in [9.17, 15) is 0 Å². The molecule has 0 aliphatic rings. The van der Waals surface area contributed by atoms with Crippen LogP contribution in [0.25, 0.3) is 0 Å². The Morgan fingerprint density at radius 2 is 1.86 bits per heavy atom. The van der Waals surface area contributed by atoms with Gasteiger partial charge in [-0.05, 0) is 25.5 Å². The van der Waals surface area contributed by atoms with Crippen LogP contribution in [0, 0.1) is 5.25 Å². The van der Waals surface area contributed by atoms with E-state index < -0.39 is 0 Å². The molecule has 1 rings (SSSR count). The van der Waals surface area contributed by atoms with Crippen molar-refractivity contribution >= 4 is 11.8 Å². The lowest BCUT2D eigenvalue weighted by atomic mass is 10.2. The molecule has 77 valence electrons. The van der Waals surface area contributed by atoms with E-state index in [1.165, 1.54) is 35.8 Å². The first-order valence-electron chi connectivity index (χ1n) is 5.38. The Hall–Kier alpha value is -0.430. The van der Waals surface area contributed by atoms with Crippen molar-refractivity contribution in [3.05, 3.63) is 35.6 Å². The van der Waals surface area contributed by atoms with Gasteiger partial charge in [0.1, 0.15) is 0 Å². The molecule has 0 fully saturated rings. The van der Waals surface area contributed by atoms with E-state index in [4.69, 9.17) is 0 Å². The fraction of sp³-hybridized carbons (Fsp3) is 0.462. The molecule has 0 heterocycles. The summed E-state index contributed by atoms with van der Waals surface area (Å²) < 4.78 is 0. The molecule has 0 nitrogen and oxygen atoms in total. The van der Waals surface area contributed by atoms with Crippen molar-refractivity contribution in [3.63, 3.8) is 0 Å². The van der Waals surface area contributed by atoms with Gasteiger partial charge in [0.2, 0.25) is 0 Å². The third kappa shape index (κ3) is 4.71. The van der Waals surface area contributed by atoms with Crippen LogP contribution in [-0.2, 0) is 0 Å². The second-order valence-corrected chi connectivity index (χ2v) is 4.95. The molecule has 1 radical (unpaired) electrons. The maximum Gasteiger partial charge on any atom is 0.0326 e. The lowest BCUT2D eigenvalue weighted by Gasteiger charge is -2.09. The monoisotopic (exact) mass is 207 g/mol. The standard InChI is InChI=1S/C13H19S/c1-3-4-6-9-12(2)14-13-10-7-5-8-11-13/h5,7-8,10-11H,3-4,6,9H2,1-2H3. The fourth-order valence-corrected chi connectivity index (χ4v) is 2.31. The highest BCUT2D eigenvalue weighted by Crippen LogP contribution is 2.31. The molecule has 0 atom stereocenters. The highest BCUT2D eigenvalue weighted by atomic mass is 32.2. The summed E-state index contributed by atoms with van der Waals surface area (Å²) in [7, 11) is 0. The SMILES string of the molecule is CCCCC[C](C)Sc1ccccc1. The number of hydrogen-bond donors (Lipinski definition) is 0. The van der Waals surface area contributed by atoms with Crippen LogP contribution in [-0.4, -0.2) is 0 Å². The van der Waals surface area contributed by atoms with Gasteiger partial charge in [-0.15, -0.1) is 11.8 Å². The van der Waals surface area contributed by atoms with Gasteiger partial charge in [-0.2, -0.15) is 0 Å². The first-order valence-corrected chi connectivity index (χ1v) is 6.20. The lowest BCUT2D eigenvalue weighted by Crippen LogP contribution is -1.86. The van der Waals surface area contributed by atoms with E-state index in [0.29, 0.717) is 0 Å². The zero-order valence-corrected chi connectivity index (χ0v) is 9.94. The molecule has 1 heteroatoms. The van der Waals surface area contributed by atoms with Crippen molar-refractivity contribution in [2.45, 2.75) is 44.4 Å². The molecule has 1 aromatic carbocycles. The molecule has 0 saturated carbocycles. The van der Waals surface area contributed by atoms with Gasteiger partial charge in [-0.1, -0.05) is 44.4 Å². The van der Waals surface area contributed by atoms with E-state index >= 15 is 0 Å². The van der Waals surface area contributed by atoms with Gasteiger partial charge >= 0.3 is 0 Å². The molecule has 0 N–H and O–H groups in total. The van der Waals surface area contributed by atoms with Crippen LogP contribution in [0.5, 0.6) is 0 Å². The van der Waals surface area contributed by atoms with Crippen LogP contribution in [0.1, 0.15) is 39.5 Å². The molecule has 0 aliphatic carbocycles. The summed E-state index contributed by atoms with van der Waals surface area (Å²) in [6.45, 7) is 4.49. The third-order valence-electron chi connectivity index (χ3n) is 2.17. The van der Waals surface area contributed by atoms with E-state index in [2.05, 4.69) is 44.2 Å². The van der Waals surface area contributed by atoms with Crippen molar-refractivity contribution in [3.8, 4) is 0 Å². The molecular formula is C13H19S. The van der Waals surface area contributed by atoms with Crippen LogP contribution in [0.15, 0.2) is 35.2 Å². The smallest absolute Gasteiger partial charge is 0.0326 e. The van der Waals surface area contributed by atoms with Gasteiger partial charge in [0.05, 0.1) is 0 Å². The van der Waals surface area contributed by atoms with E-state index in [-0.39, 0.29) is 0 Å². The Morgan fingerprint density at radius 1 is 1.14 bits per heavy atom. The minimum atomic E-state index is 1.26. The summed E-state index contributed by atoms with van der Waals surface area (Å²) in [5.41, 5.74) is 0. The summed E-state index contributed by atoms with van der Waals surface area (Å²) >= 11 is 1.91. The molecule has 1 aromatic rings. The Labute approximate surface area is 92.1 Å². The molecule has 0 aromatic heterocycles. The maximum absolute atomic E-state index is 2.25. The number of benzene rings is 1. The second kappa shape index (κ2) is 6.94. The zero-order valence-electron chi connectivity index (χ0n) is 9.12. The number of hydrogen-bond acceptors (Lipinski definition) is 1. The van der Waals surface area contributed by atoms with Gasteiger partial charge in [-0.25, -0.2) is 0 Å². The third-order valence-corrected chi connectivity index (χ3v) is 3.23. The summed E-state index contributed by atoms with van der Waals surface area (Å²) in [5, 5.41) is 1.53. The Bertz CT molecular complexity index is 230. The van der Waals surface area contributed by atoms with Crippen LogP contribution >= 0.6 is 11.8 Å². The largest absolute Gasteiger partial charge is 0.118 e. The molecule has 0 amide bonds. The topological polar surface area (TPSA) is 0 Å². The summed E-state index contributed by atoms with van der Waals surface area (Å²) in [6.07, 6.45) is 5.26. The van der Waals surface area contributed by atoms with Crippen molar-refractivity contribution in [2.75, 3.05) is 0 Å². The summed E-state index contributed by atoms with van der Waals surface area (Å²) in [4.78, 5) is 1.36. The predicted molar refractivity (Wildman–Crippen MR) is 65.4 cm³/mol. The van der Waals surface area contributed by atoms with Gasteiger partial charge in [0.25, 0.3) is 0 Å². The van der Waals surface area contributed by atoms with Crippen molar-refractivity contribution in [1.29, 1.82) is 0 Å². The van der Waals surface area contributed by atoms with Gasteiger partial charge < -0.3 is 0 Å². The Balaban J connectivity index is 2.23. The normalized spacial score (nSPS) is 10.8. The average molecular weight is 207 g/mol. The molecule has 0 spiro atoms. The predicted octanol–water partition coefficient (Wildman–Crippen LogP) is 4.91. The minimum Gasteiger partial charge on any atom is -0.118 e. The highest BCUT2D eigenvalue weighted by Gasteiger charge is 2.03. The Kier molecular flexibility index (Phi) is 5.77. The average Bonchev–Trinajstić information content (AvgIpc) is 2.20. The van der Waals surface area contributed by atoms with Crippen LogP contribution in [0.3, 0.4) is 0 Å². The van der Waals surface area contributed by atoms with E-state index in [1.807, 2.05) is 11.8 Å². The van der Waals surface area contributed by atoms with Crippen LogP contribution in [0.2, 0.25) is 0 Å². The zero-order chi connectivity index (χ0) is 10.2. The minimum absolute atomic E-state index is 1.26. The second-order valence-electron chi connectivity index (χ2n) is 3.57. The van der Waals surface area contributed by atoms with Gasteiger partial charge in [-0.3, -0.25) is 0 Å². The fourth-order valence-electron chi connectivity index (χ4n) is 1.36. The molecular weight excluding hydrogens is 188 g/mol.